The molecule has 0 aliphatic carbocycles. The maximum atomic E-state index is 13.8. The van der Waals surface area contributed by atoms with Gasteiger partial charge in [0.05, 0.1) is 11.6 Å². The van der Waals surface area contributed by atoms with Crippen LogP contribution >= 0.6 is 0 Å². The maximum absolute atomic E-state index is 13.8. The first-order valence-electron chi connectivity index (χ1n) is 6.69. The first kappa shape index (κ1) is 15.0. The van der Waals surface area contributed by atoms with E-state index in [9.17, 15) is 4.39 Å². The summed E-state index contributed by atoms with van der Waals surface area (Å²) in [5.41, 5.74) is 2.93. The van der Waals surface area contributed by atoms with Gasteiger partial charge in [0.15, 0.2) is 0 Å². The van der Waals surface area contributed by atoms with Gasteiger partial charge in [0.2, 0.25) is 0 Å². The molecular weight excluding hydrogens is 267 g/mol. The van der Waals surface area contributed by atoms with E-state index in [1.54, 1.807) is 12.1 Å². The van der Waals surface area contributed by atoms with Crippen molar-refractivity contribution in [3.05, 3.63) is 64.5 Å². The van der Waals surface area contributed by atoms with Gasteiger partial charge in [0.1, 0.15) is 18.2 Å². The topological polar surface area (TPSA) is 45.0 Å². The lowest BCUT2D eigenvalue weighted by Crippen LogP contribution is -2.08. The number of nitrogens with one attached hydrogen (secondary N) is 1. The molecule has 0 aliphatic rings. The number of nitrogens with zero attached hydrogens (tertiary/aromatic N) is 1. The number of hydrogen-bond acceptors (Lipinski definition) is 3. The zero-order chi connectivity index (χ0) is 15.2. The van der Waals surface area contributed by atoms with Crippen molar-refractivity contribution in [1.29, 1.82) is 5.26 Å². The molecule has 0 unspecified atom stereocenters. The minimum atomic E-state index is -0.420. The lowest BCUT2D eigenvalue weighted by molar-refractivity contribution is 0.296. The van der Waals surface area contributed by atoms with E-state index < -0.39 is 5.82 Å². The number of hydrogen-bond donors (Lipinski definition) is 1. The summed E-state index contributed by atoms with van der Waals surface area (Å²) in [4.78, 5) is 0. The molecule has 0 heterocycles. The van der Waals surface area contributed by atoms with Gasteiger partial charge in [-0.1, -0.05) is 23.8 Å². The summed E-state index contributed by atoms with van der Waals surface area (Å²) in [5, 5.41) is 11.8. The third-order valence-electron chi connectivity index (χ3n) is 3.15. The fourth-order valence-electron chi connectivity index (χ4n) is 2.07. The van der Waals surface area contributed by atoms with E-state index in [0.717, 1.165) is 16.9 Å². The number of aryl methyl sites for hydroxylation is 1. The Labute approximate surface area is 124 Å². The van der Waals surface area contributed by atoms with E-state index in [-0.39, 0.29) is 6.61 Å². The highest BCUT2D eigenvalue weighted by atomic mass is 19.1. The van der Waals surface area contributed by atoms with Gasteiger partial charge in [-0.3, -0.25) is 0 Å². The second kappa shape index (κ2) is 6.87. The number of benzene rings is 2. The predicted octanol–water partition coefficient (Wildman–Crippen LogP) is 3.30. The predicted molar refractivity (Wildman–Crippen MR) is 79.4 cm³/mol. The number of ether oxygens (including phenoxy) is 1. The molecule has 3 nitrogen and oxygen atoms in total. The highest BCUT2D eigenvalue weighted by Crippen LogP contribution is 2.22. The van der Waals surface area contributed by atoms with Crippen molar-refractivity contribution in [2.24, 2.45) is 0 Å². The molecule has 2 aromatic carbocycles. The van der Waals surface area contributed by atoms with Gasteiger partial charge in [-0.05, 0) is 32.2 Å². The molecule has 0 aliphatic heterocycles. The smallest absolute Gasteiger partial charge is 0.131 e. The van der Waals surface area contributed by atoms with Crippen molar-refractivity contribution in [3.63, 3.8) is 0 Å². The Morgan fingerprint density at radius 2 is 2.00 bits per heavy atom. The van der Waals surface area contributed by atoms with Crippen LogP contribution in [0, 0.1) is 24.1 Å². The van der Waals surface area contributed by atoms with Crippen LogP contribution in [-0.2, 0) is 13.2 Å². The normalized spacial score (nSPS) is 10.2. The molecule has 0 bridgehead atoms. The van der Waals surface area contributed by atoms with Crippen molar-refractivity contribution in [2.75, 3.05) is 7.05 Å². The minimum Gasteiger partial charge on any atom is -0.488 e. The van der Waals surface area contributed by atoms with Gasteiger partial charge in [-0.2, -0.15) is 5.26 Å². The third-order valence-corrected chi connectivity index (χ3v) is 3.15. The monoisotopic (exact) mass is 284 g/mol. The molecule has 2 rings (SSSR count). The van der Waals surface area contributed by atoms with Gasteiger partial charge >= 0.3 is 0 Å². The Kier molecular flexibility index (Phi) is 4.91. The van der Waals surface area contributed by atoms with Gasteiger partial charge in [-0.15, -0.1) is 0 Å². The fraction of sp³-hybridized carbons (Fsp3) is 0.235. The van der Waals surface area contributed by atoms with Gasteiger partial charge < -0.3 is 10.1 Å². The van der Waals surface area contributed by atoms with Crippen LogP contribution in [0.5, 0.6) is 5.75 Å². The van der Waals surface area contributed by atoms with Gasteiger partial charge in [-0.25, -0.2) is 4.39 Å². The summed E-state index contributed by atoms with van der Waals surface area (Å²) in [6.45, 7) is 2.84. The van der Waals surface area contributed by atoms with Crippen LogP contribution < -0.4 is 10.1 Å². The molecule has 0 saturated carbocycles. The Bertz CT molecular complexity index is 677. The lowest BCUT2D eigenvalue weighted by Gasteiger charge is -2.12. The van der Waals surface area contributed by atoms with Crippen LogP contribution in [0.1, 0.15) is 22.3 Å². The molecule has 0 aromatic heterocycles. The molecule has 0 spiro atoms. The van der Waals surface area contributed by atoms with Crippen molar-refractivity contribution >= 4 is 0 Å². The second-order valence-corrected chi connectivity index (χ2v) is 4.85. The van der Waals surface area contributed by atoms with E-state index in [4.69, 9.17) is 10.00 Å². The summed E-state index contributed by atoms with van der Waals surface area (Å²) in [7, 11) is 1.87. The summed E-state index contributed by atoms with van der Waals surface area (Å²) in [6.07, 6.45) is 0. The summed E-state index contributed by atoms with van der Waals surface area (Å²) in [6, 6.07) is 12.2. The summed E-state index contributed by atoms with van der Waals surface area (Å²) >= 11 is 0. The van der Waals surface area contributed by atoms with Gasteiger partial charge in [0.25, 0.3) is 0 Å². The zero-order valence-electron chi connectivity index (χ0n) is 12.1. The molecule has 2 aromatic rings. The molecule has 4 heteroatoms. The molecule has 0 atom stereocenters. The number of rotatable bonds is 5. The maximum Gasteiger partial charge on any atom is 0.131 e. The molecule has 1 N–H and O–H groups in total. The quantitative estimate of drug-likeness (QED) is 0.916. The molecule has 108 valence electrons. The Morgan fingerprint density at radius 1 is 1.19 bits per heavy atom. The highest BCUT2D eigenvalue weighted by Gasteiger charge is 2.07. The van der Waals surface area contributed by atoms with Crippen molar-refractivity contribution in [3.8, 4) is 11.8 Å². The first-order chi connectivity index (χ1) is 10.1. The van der Waals surface area contributed by atoms with E-state index in [2.05, 4.69) is 5.32 Å². The van der Waals surface area contributed by atoms with Crippen molar-refractivity contribution < 1.29 is 9.13 Å². The van der Waals surface area contributed by atoms with E-state index in [0.29, 0.717) is 17.7 Å². The minimum absolute atomic E-state index is 0.136. The van der Waals surface area contributed by atoms with E-state index >= 15 is 0 Å². The molecule has 0 radical (unpaired) electrons. The molecule has 0 saturated heterocycles. The molecule has 0 fully saturated rings. The number of halogens is 1. The van der Waals surface area contributed by atoms with Crippen LogP contribution in [0.25, 0.3) is 0 Å². The molecule has 21 heavy (non-hydrogen) atoms. The van der Waals surface area contributed by atoms with Crippen molar-refractivity contribution in [1.82, 2.24) is 5.32 Å². The molecule has 0 amide bonds. The van der Waals surface area contributed by atoms with Crippen LogP contribution in [0.2, 0.25) is 0 Å². The fourth-order valence-corrected chi connectivity index (χ4v) is 2.07. The van der Waals surface area contributed by atoms with Gasteiger partial charge in [0, 0.05) is 17.7 Å². The van der Waals surface area contributed by atoms with Crippen LogP contribution in [-0.4, -0.2) is 7.05 Å². The average molecular weight is 284 g/mol. The molecular formula is C17H17FN2O. The Hall–Kier alpha value is -2.38. The van der Waals surface area contributed by atoms with Crippen molar-refractivity contribution in [2.45, 2.75) is 20.1 Å². The number of nitriles is 1. The zero-order valence-corrected chi connectivity index (χ0v) is 12.1. The second-order valence-electron chi connectivity index (χ2n) is 4.85. The first-order valence-corrected chi connectivity index (χ1v) is 6.69. The summed E-state index contributed by atoms with van der Waals surface area (Å²) < 4.78 is 19.5. The van der Waals surface area contributed by atoms with Crippen LogP contribution in [0.15, 0.2) is 36.4 Å². The summed E-state index contributed by atoms with van der Waals surface area (Å²) in [5.74, 6) is 0.315. The van der Waals surface area contributed by atoms with Crippen LogP contribution in [0.4, 0.5) is 4.39 Å². The standard InChI is InChI=1S/C17H17FN2O/c1-12-3-6-17(15(7-12)10-20-2)21-11-14-5-4-13(9-19)8-16(14)18/h3-8,20H,10-11H2,1-2H3. The lowest BCUT2D eigenvalue weighted by atomic mass is 10.1. The van der Waals surface area contributed by atoms with E-state index in [1.165, 1.54) is 6.07 Å². The average Bonchev–Trinajstić information content (AvgIpc) is 2.48. The highest BCUT2D eigenvalue weighted by molar-refractivity contribution is 5.37. The van der Waals surface area contributed by atoms with E-state index in [1.807, 2.05) is 38.2 Å². The van der Waals surface area contributed by atoms with Crippen LogP contribution in [0.3, 0.4) is 0 Å². The largest absolute Gasteiger partial charge is 0.488 e. The SMILES string of the molecule is CNCc1cc(C)ccc1OCc1ccc(C#N)cc1F. The third kappa shape index (κ3) is 3.80. The Morgan fingerprint density at radius 3 is 2.67 bits per heavy atom. The Balaban J connectivity index is 2.15.